The Bertz CT molecular complexity index is 1480. The first-order valence-electron chi connectivity index (χ1n) is 10.0. The van der Waals surface area contributed by atoms with E-state index in [1.54, 1.807) is 49.4 Å². The van der Waals surface area contributed by atoms with Crippen molar-refractivity contribution in [2.45, 2.75) is 23.9 Å². The number of thioether (sulfide) groups is 1. The molecule has 0 radical (unpaired) electrons. The van der Waals surface area contributed by atoms with E-state index in [2.05, 4.69) is 4.98 Å². The lowest BCUT2D eigenvalue weighted by atomic mass is 10.2. The fourth-order valence-corrected chi connectivity index (χ4v) is 4.79. The number of hydrogen-bond donors (Lipinski definition) is 0. The molecular weight excluding hydrogens is 430 g/mol. The average molecular weight is 448 g/mol. The van der Waals surface area contributed by atoms with E-state index in [1.807, 2.05) is 36.4 Å². The van der Waals surface area contributed by atoms with Gasteiger partial charge in [0.15, 0.2) is 5.16 Å². The largest absolute Gasteiger partial charge is 0.320 e. The third-order valence-electron chi connectivity index (χ3n) is 5.22. The SMILES string of the molecule is CC(Sc1nc2ccccc2c(=O)n1-c1ccccc1)c1nc2ccccc2n1C(F)F. The first-order chi connectivity index (χ1) is 15.5. The predicted molar refractivity (Wildman–Crippen MR) is 123 cm³/mol. The van der Waals surface area contributed by atoms with Crippen LogP contribution in [0.25, 0.3) is 27.6 Å². The van der Waals surface area contributed by atoms with Gasteiger partial charge in [-0.05, 0) is 43.3 Å². The van der Waals surface area contributed by atoms with E-state index >= 15 is 0 Å². The number of fused-ring (bicyclic) bond motifs is 2. The van der Waals surface area contributed by atoms with Crippen molar-refractivity contribution in [3.05, 3.63) is 95.0 Å². The second-order valence-corrected chi connectivity index (χ2v) is 8.56. The Kier molecular flexibility index (Phi) is 5.22. The summed E-state index contributed by atoms with van der Waals surface area (Å²) in [6.07, 6.45) is 0. The lowest BCUT2D eigenvalue weighted by Gasteiger charge is -2.17. The number of nitrogens with zero attached hydrogens (tertiary/aromatic N) is 4. The van der Waals surface area contributed by atoms with Crippen molar-refractivity contribution in [2.75, 3.05) is 0 Å². The van der Waals surface area contributed by atoms with Crippen molar-refractivity contribution >= 4 is 33.7 Å². The van der Waals surface area contributed by atoms with Gasteiger partial charge in [0.25, 0.3) is 5.56 Å². The predicted octanol–water partition coefficient (Wildman–Crippen LogP) is 5.98. The van der Waals surface area contributed by atoms with Crippen molar-refractivity contribution in [3.63, 3.8) is 0 Å². The van der Waals surface area contributed by atoms with Crippen molar-refractivity contribution < 1.29 is 8.78 Å². The molecule has 1 unspecified atom stereocenters. The Hall–Kier alpha value is -3.52. The third-order valence-corrected chi connectivity index (χ3v) is 6.27. The van der Waals surface area contributed by atoms with Crippen LogP contribution in [0.4, 0.5) is 8.78 Å². The van der Waals surface area contributed by atoms with E-state index in [9.17, 15) is 13.6 Å². The second-order valence-electron chi connectivity index (χ2n) is 7.25. The van der Waals surface area contributed by atoms with Gasteiger partial charge in [0, 0.05) is 0 Å². The lowest BCUT2D eigenvalue weighted by Crippen LogP contribution is -2.22. The van der Waals surface area contributed by atoms with Gasteiger partial charge in [0.2, 0.25) is 0 Å². The summed E-state index contributed by atoms with van der Waals surface area (Å²) in [7, 11) is 0. The summed E-state index contributed by atoms with van der Waals surface area (Å²) in [5.41, 5.74) is 1.88. The highest BCUT2D eigenvalue weighted by molar-refractivity contribution is 7.99. The lowest BCUT2D eigenvalue weighted by molar-refractivity contribution is 0.0715. The van der Waals surface area contributed by atoms with Gasteiger partial charge in [-0.3, -0.25) is 13.9 Å². The van der Waals surface area contributed by atoms with Crippen molar-refractivity contribution in [3.8, 4) is 5.69 Å². The monoisotopic (exact) mass is 448 g/mol. The topological polar surface area (TPSA) is 52.7 Å². The summed E-state index contributed by atoms with van der Waals surface area (Å²) in [4.78, 5) is 22.5. The van der Waals surface area contributed by atoms with Gasteiger partial charge in [0.05, 0.1) is 32.9 Å². The van der Waals surface area contributed by atoms with E-state index in [4.69, 9.17) is 4.98 Å². The fourth-order valence-electron chi connectivity index (χ4n) is 3.76. The minimum absolute atomic E-state index is 0.209. The quantitative estimate of drug-likeness (QED) is 0.245. The molecule has 8 heteroatoms. The van der Waals surface area contributed by atoms with Gasteiger partial charge in [-0.15, -0.1) is 0 Å². The van der Waals surface area contributed by atoms with Crippen molar-refractivity contribution in [1.29, 1.82) is 0 Å². The highest BCUT2D eigenvalue weighted by Gasteiger charge is 2.24. The molecule has 2 heterocycles. The Morgan fingerprint density at radius 2 is 1.50 bits per heavy atom. The van der Waals surface area contributed by atoms with E-state index in [-0.39, 0.29) is 11.4 Å². The molecule has 3 aromatic carbocycles. The van der Waals surface area contributed by atoms with Gasteiger partial charge in [0.1, 0.15) is 5.82 Å². The molecule has 0 amide bonds. The Balaban J connectivity index is 1.67. The summed E-state index contributed by atoms with van der Waals surface area (Å²) < 4.78 is 30.4. The van der Waals surface area contributed by atoms with Gasteiger partial charge in [-0.25, -0.2) is 9.97 Å². The number of alkyl halides is 2. The molecule has 0 fully saturated rings. The average Bonchev–Trinajstić information content (AvgIpc) is 3.20. The zero-order valence-electron chi connectivity index (χ0n) is 17.0. The molecule has 0 saturated heterocycles. The first-order valence-corrected chi connectivity index (χ1v) is 10.9. The van der Waals surface area contributed by atoms with Gasteiger partial charge >= 0.3 is 6.55 Å². The van der Waals surface area contributed by atoms with E-state index in [0.29, 0.717) is 32.8 Å². The molecule has 32 heavy (non-hydrogen) atoms. The van der Waals surface area contributed by atoms with Crippen LogP contribution >= 0.6 is 11.8 Å². The zero-order valence-corrected chi connectivity index (χ0v) is 17.8. The van der Waals surface area contributed by atoms with Crippen LogP contribution in [0.15, 0.2) is 88.8 Å². The van der Waals surface area contributed by atoms with Crippen molar-refractivity contribution in [1.82, 2.24) is 19.1 Å². The molecular formula is C24H18F2N4OS. The van der Waals surface area contributed by atoms with Crippen LogP contribution in [0.2, 0.25) is 0 Å². The molecule has 0 aliphatic carbocycles. The molecule has 5 nitrogen and oxygen atoms in total. The van der Waals surface area contributed by atoms with Crippen LogP contribution < -0.4 is 5.56 Å². The highest BCUT2D eigenvalue weighted by Crippen LogP contribution is 2.37. The Morgan fingerprint density at radius 1 is 0.844 bits per heavy atom. The standard InChI is InChI=1S/C24H18F2N4OS/c1-15(21-27-19-13-7-8-14-20(19)30(21)23(25)26)32-24-28-18-12-6-5-11-17(18)22(31)29(24)16-9-3-2-4-10-16/h2-15,23H,1H3. The molecule has 5 aromatic rings. The molecule has 1 atom stereocenters. The summed E-state index contributed by atoms with van der Waals surface area (Å²) in [6, 6.07) is 23.1. The number of imidazole rings is 1. The summed E-state index contributed by atoms with van der Waals surface area (Å²) >= 11 is 1.23. The van der Waals surface area contributed by atoms with Crippen LogP contribution in [0.3, 0.4) is 0 Å². The van der Waals surface area contributed by atoms with Crippen molar-refractivity contribution in [2.24, 2.45) is 0 Å². The van der Waals surface area contributed by atoms with Crippen LogP contribution in [0.5, 0.6) is 0 Å². The number of benzene rings is 3. The summed E-state index contributed by atoms with van der Waals surface area (Å²) in [6.45, 7) is -0.942. The Morgan fingerprint density at radius 3 is 2.25 bits per heavy atom. The fraction of sp³-hybridized carbons (Fsp3) is 0.125. The highest BCUT2D eigenvalue weighted by atomic mass is 32.2. The molecule has 5 rings (SSSR count). The number of hydrogen-bond acceptors (Lipinski definition) is 4. The smallest absolute Gasteiger partial charge is 0.269 e. The molecule has 160 valence electrons. The number of rotatable bonds is 5. The van der Waals surface area contributed by atoms with Gasteiger partial charge < -0.3 is 0 Å². The normalized spacial score (nSPS) is 12.6. The number of halogens is 2. The first kappa shape index (κ1) is 20.4. The molecule has 0 N–H and O–H groups in total. The maximum Gasteiger partial charge on any atom is 0.320 e. The molecule has 0 bridgehead atoms. The molecule has 0 spiro atoms. The summed E-state index contributed by atoms with van der Waals surface area (Å²) in [5, 5.41) is 0.424. The van der Waals surface area contributed by atoms with Crippen LogP contribution in [0, 0.1) is 0 Å². The third kappa shape index (κ3) is 3.46. The number of para-hydroxylation sites is 4. The summed E-state index contributed by atoms with van der Waals surface area (Å²) in [5.74, 6) is 0.230. The van der Waals surface area contributed by atoms with Gasteiger partial charge in [-0.1, -0.05) is 54.2 Å². The van der Waals surface area contributed by atoms with E-state index in [0.717, 1.165) is 4.57 Å². The van der Waals surface area contributed by atoms with E-state index < -0.39 is 11.8 Å². The second kappa shape index (κ2) is 8.20. The van der Waals surface area contributed by atoms with E-state index in [1.165, 1.54) is 16.3 Å². The van der Waals surface area contributed by atoms with Crippen LogP contribution in [-0.4, -0.2) is 19.1 Å². The molecule has 0 saturated carbocycles. The number of aromatic nitrogens is 4. The zero-order chi connectivity index (χ0) is 22.2. The Labute approximate surface area is 186 Å². The minimum Gasteiger partial charge on any atom is -0.269 e. The van der Waals surface area contributed by atoms with Crippen LogP contribution in [-0.2, 0) is 0 Å². The van der Waals surface area contributed by atoms with Crippen LogP contribution in [0.1, 0.15) is 24.5 Å². The molecule has 2 aromatic heterocycles. The maximum atomic E-state index is 13.9. The maximum absolute atomic E-state index is 13.9. The molecule has 0 aliphatic rings. The molecule has 0 aliphatic heterocycles. The van der Waals surface area contributed by atoms with Gasteiger partial charge in [-0.2, -0.15) is 8.78 Å². The minimum atomic E-state index is -2.73.